The average Bonchev–Trinajstić information content (AvgIpc) is 2.64. The summed E-state index contributed by atoms with van der Waals surface area (Å²) >= 11 is 12.0. The standard InChI is InChI=1S/C19H22Cl2N4O.HI/c1-22-19(24-10-9-14-5-4-6-15(20)13-14)25-12-11-23-18(26)16-7-2-3-8-17(16)21;/h2-8,13H,9-12H2,1H3,(H,23,26)(H2,22,24,25);1H. The van der Waals surface area contributed by atoms with E-state index in [1.807, 2.05) is 24.3 Å². The Morgan fingerprint density at radius 1 is 0.963 bits per heavy atom. The highest BCUT2D eigenvalue weighted by Crippen LogP contribution is 2.14. The van der Waals surface area contributed by atoms with Crippen molar-refractivity contribution in [2.24, 2.45) is 4.99 Å². The zero-order chi connectivity index (χ0) is 18.8. The number of benzene rings is 2. The molecule has 2 aromatic rings. The third kappa shape index (κ3) is 8.36. The summed E-state index contributed by atoms with van der Waals surface area (Å²) in [6, 6.07) is 14.7. The van der Waals surface area contributed by atoms with Crippen molar-refractivity contribution in [3.63, 3.8) is 0 Å². The first-order chi connectivity index (χ1) is 12.6. The maximum absolute atomic E-state index is 12.1. The Hall–Kier alpha value is -1.51. The van der Waals surface area contributed by atoms with Gasteiger partial charge >= 0.3 is 0 Å². The lowest BCUT2D eigenvalue weighted by Crippen LogP contribution is -2.42. The molecule has 2 rings (SSSR count). The lowest BCUT2D eigenvalue weighted by Gasteiger charge is -2.12. The molecule has 1 amide bonds. The van der Waals surface area contributed by atoms with E-state index in [0.29, 0.717) is 29.6 Å². The molecule has 0 saturated heterocycles. The third-order valence-corrected chi connectivity index (χ3v) is 4.20. The van der Waals surface area contributed by atoms with Crippen LogP contribution in [0.15, 0.2) is 53.5 Å². The minimum atomic E-state index is -0.193. The average molecular weight is 521 g/mol. The number of rotatable bonds is 7. The van der Waals surface area contributed by atoms with Gasteiger partial charge < -0.3 is 16.0 Å². The lowest BCUT2D eigenvalue weighted by atomic mass is 10.1. The molecular weight excluding hydrogens is 498 g/mol. The van der Waals surface area contributed by atoms with E-state index in [9.17, 15) is 4.79 Å². The van der Waals surface area contributed by atoms with Gasteiger partial charge in [0.15, 0.2) is 5.96 Å². The molecule has 0 radical (unpaired) electrons. The minimum Gasteiger partial charge on any atom is -0.356 e. The summed E-state index contributed by atoms with van der Waals surface area (Å²) < 4.78 is 0. The third-order valence-electron chi connectivity index (χ3n) is 3.64. The van der Waals surface area contributed by atoms with Gasteiger partial charge in [0.1, 0.15) is 0 Å². The quantitative estimate of drug-likeness (QED) is 0.225. The molecule has 0 atom stereocenters. The van der Waals surface area contributed by atoms with Crippen LogP contribution in [0.25, 0.3) is 0 Å². The van der Waals surface area contributed by atoms with E-state index >= 15 is 0 Å². The molecule has 8 heteroatoms. The molecule has 2 aromatic carbocycles. The molecule has 5 nitrogen and oxygen atoms in total. The summed E-state index contributed by atoms with van der Waals surface area (Å²) in [6.07, 6.45) is 0.838. The van der Waals surface area contributed by atoms with Gasteiger partial charge in [0, 0.05) is 31.7 Å². The zero-order valence-electron chi connectivity index (χ0n) is 15.0. The summed E-state index contributed by atoms with van der Waals surface area (Å²) in [5.74, 6) is 0.486. The Morgan fingerprint density at radius 2 is 1.67 bits per heavy atom. The summed E-state index contributed by atoms with van der Waals surface area (Å²) in [6.45, 7) is 1.73. The molecule has 0 aromatic heterocycles. The van der Waals surface area contributed by atoms with Gasteiger partial charge in [-0.1, -0.05) is 47.5 Å². The number of aliphatic imine (C=N–C) groups is 1. The van der Waals surface area contributed by atoms with Crippen LogP contribution in [-0.2, 0) is 6.42 Å². The molecule has 0 aliphatic heterocycles. The molecule has 0 aliphatic rings. The monoisotopic (exact) mass is 520 g/mol. The van der Waals surface area contributed by atoms with E-state index < -0.39 is 0 Å². The fourth-order valence-electron chi connectivity index (χ4n) is 2.34. The van der Waals surface area contributed by atoms with Gasteiger partial charge in [0.05, 0.1) is 10.6 Å². The van der Waals surface area contributed by atoms with Crippen molar-refractivity contribution in [3.05, 3.63) is 69.7 Å². The molecule has 146 valence electrons. The summed E-state index contributed by atoms with van der Waals surface area (Å²) in [7, 11) is 1.71. The predicted molar refractivity (Wildman–Crippen MR) is 124 cm³/mol. The second kappa shape index (κ2) is 12.8. The molecular formula is C19H23Cl2IN4O. The van der Waals surface area contributed by atoms with Crippen LogP contribution >= 0.6 is 47.2 Å². The number of guanidine groups is 1. The fraction of sp³-hybridized carbons (Fsp3) is 0.263. The molecule has 0 unspecified atom stereocenters. The van der Waals surface area contributed by atoms with E-state index in [0.717, 1.165) is 23.6 Å². The van der Waals surface area contributed by atoms with Crippen LogP contribution in [0.5, 0.6) is 0 Å². The SMILES string of the molecule is CN=C(NCCNC(=O)c1ccccc1Cl)NCCc1cccc(Cl)c1.I. The smallest absolute Gasteiger partial charge is 0.252 e. The minimum absolute atomic E-state index is 0. The van der Waals surface area contributed by atoms with Crippen molar-refractivity contribution in [1.29, 1.82) is 0 Å². The van der Waals surface area contributed by atoms with E-state index in [-0.39, 0.29) is 29.9 Å². The first-order valence-corrected chi connectivity index (χ1v) is 9.07. The van der Waals surface area contributed by atoms with Gasteiger partial charge in [-0.15, -0.1) is 24.0 Å². The number of halogens is 3. The van der Waals surface area contributed by atoms with Crippen molar-refractivity contribution in [2.45, 2.75) is 6.42 Å². The van der Waals surface area contributed by atoms with Gasteiger partial charge in [-0.25, -0.2) is 0 Å². The Labute approximate surface area is 186 Å². The van der Waals surface area contributed by atoms with E-state index in [1.165, 1.54) is 0 Å². The molecule has 0 heterocycles. The molecule has 0 aliphatic carbocycles. The van der Waals surface area contributed by atoms with Crippen LogP contribution in [0, 0.1) is 0 Å². The first-order valence-electron chi connectivity index (χ1n) is 8.32. The maximum atomic E-state index is 12.1. The van der Waals surface area contributed by atoms with Crippen LogP contribution in [0.4, 0.5) is 0 Å². The Bertz CT molecular complexity index is 771. The van der Waals surface area contributed by atoms with Crippen LogP contribution in [-0.4, -0.2) is 38.5 Å². The highest BCUT2D eigenvalue weighted by Gasteiger charge is 2.08. The van der Waals surface area contributed by atoms with E-state index in [2.05, 4.69) is 20.9 Å². The van der Waals surface area contributed by atoms with Crippen LogP contribution < -0.4 is 16.0 Å². The van der Waals surface area contributed by atoms with Crippen LogP contribution in [0.3, 0.4) is 0 Å². The van der Waals surface area contributed by atoms with Crippen LogP contribution in [0.1, 0.15) is 15.9 Å². The van der Waals surface area contributed by atoms with Gasteiger partial charge in [-0.05, 0) is 36.2 Å². The Balaban J connectivity index is 0.00000364. The topological polar surface area (TPSA) is 65.5 Å². The first kappa shape index (κ1) is 23.5. The molecule has 3 N–H and O–H groups in total. The summed E-state index contributed by atoms with van der Waals surface area (Å²) in [5.41, 5.74) is 1.63. The van der Waals surface area contributed by atoms with Crippen molar-refractivity contribution >= 4 is 59.0 Å². The van der Waals surface area contributed by atoms with Crippen molar-refractivity contribution in [1.82, 2.24) is 16.0 Å². The Morgan fingerprint density at radius 3 is 2.37 bits per heavy atom. The predicted octanol–water partition coefficient (Wildman–Crippen LogP) is 3.75. The summed E-state index contributed by atoms with van der Waals surface area (Å²) in [4.78, 5) is 16.2. The highest BCUT2D eigenvalue weighted by molar-refractivity contribution is 14.0. The number of nitrogens with zero attached hydrogens (tertiary/aromatic N) is 1. The number of hydrogen-bond acceptors (Lipinski definition) is 2. The van der Waals surface area contributed by atoms with E-state index in [1.54, 1.807) is 31.3 Å². The van der Waals surface area contributed by atoms with E-state index in [4.69, 9.17) is 23.2 Å². The summed E-state index contributed by atoms with van der Waals surface area (Å²) in [5, 5.41) is 10.4. The second-order valence-electron chi connectivity index (χ2n) is 5.54. The molecule has 27 heavy (non-hydrogen) atoms. The van der Waals surface area contributed by atoms with Gasteiger partial charge in [-0.3, -0.25) is 9.79 Å². The molecule has 0 bridgehead atoms. The number of amides is 1. The number of carbonyl (C=O) groups is 1. The fourth-order valence-corrected chi connectivity index (χ4v) is 2.77. The molecule has 0 spiro atoms. The maximum Gasteiger partial charge on any atom is 0.252 e. The van der Waals surface area contributed by atoms with Crippen LogP contribution in [0.2, 0.25) is 10.0 Å². The lowest BCUT2D eigenvalue weighted by molar-refractivity contribution is 0.0954. The Kier molecular flexibility index (Phi) is 11.2. The molecule has 0 saturated carbocycles. The van der Waals surface area contributed by atoms with Gasteiger partial charge in [0.25, 0.3) is 5.91 Å². The normalized spacial score (nSPS) is 10.7. The van der Waals surface area contributed by atoms with Gasteiger partial charge in [0.2, 0.25) is 0 Å². The highest BCUT2D eigenvalue weighted by atomic mass is 127. The number of nitrogens with one attached hydrogen (secondary N) is 3. The number of hydrogen-bond donors (Lipinski definition) is 3. The zero-order valence-corrected chi connectivity index (χ0v) is 18.8. The van der Waals surface area contributed by atoms with Crippen molar-refractivity contribution in [3.8, 4) is 0 Å². The van der Waals surface area contributed by atoms with Gasteiger partial charge in [-0.2, -0.15) is 0 Å². The number of carbonyl (C=O) groups excluding carboxylic acids is 1. The van der Waals surface area contributed by atoms with Crippen molar-refractivity contribution in [2.75, 3.05) is 26.7 Å². The van der Waals surface area contributed by atoms with Crippen molar-refractivity contribution < 1.29 is 4.79 Å². The molecule has 0 fully saturated rings. The second-order valence-corrected chi connectivity index (χ2v) is 6.39. The largest absolute Gasteiger partial charge is 0.356 e.